The monoisotopic (exact) mass is 200 g/mol. The number of hydrogen-bond acceptors (Lipinski definition) is 0. The first-order valence-electron chi connectivity index (χ1n) is 5.50. The van der Waals surface area contributed by atoms with Crippen LogP contribution in [0, 0.1) is 5.92 Å². The molecule has 0 bridgehead atoms. The maximum Gasteiger partial charge on any atom is -0.00321 e. The zero-order valence-electron chi connectivity index (χ0n) is 9.96. The summed E-state index contributed by atoms with van der Waals surface area (Å²) in [5.41, 5.74) is 4.00. The molecule has 0 saturated heterocycles. The predicted octanol–water partition coefficient (Wildman–Crippen LogP) is 4.59. The van der Waals surface area contributed by atoms with Crippen molar-refractivity contribution in [3.63, 3.8) is 0 Å². The molecule has 0 radical (unpaired) electrons. The van der Waals surface area contributed by atoms with Crippen LogP contribution in [-0.4, -0.2) is 0 Å². The van der Waals surface area contributed by atoms with Crippen LogP contribution in [-0.2, 0) is 0 Å². The van der Waals surface area contributed by atoms with Crippen LogP contribution in [0.2, 0.25) is 0 Å². The van der Waals surface area contributed by atoms with Crippen LogP contribution < -0.4 is 0 Å². The van der Waals surface area contributed by atoms with Gasteiger partial charge in [-0.1, -0.05) is 61.1 Å². The molecule has 0 heteroatoms. The molecule has 0 aliphatic heterocycles. The van der Waals surface area contributed by atoms with Crippen LogP contribution >= 0.6 is 0 Å². The summed E-state index contributed by atoms with van der Waals surface area (Å²) in [6.07, 6.45) is 13.8. The van der Waals surface area contributed by atoms with Gasteiger partial charge in [-0.15, -0.1) is 0 Å². The van der Waals surface area contributed by atoms with Crippen molar-refractivity contribution in [2.75, 3.05) is 0 Å². The highest BCUT2D eigenvalue weighted by atomic mass is 14.2. The minimum absolute atomic E-state index is 0.590. The molecule has 0 aromatic heterocycles. The fourth-order valence-corrected chi connectivity index (χ4v) is 1.80. The zero-order chi connectivity index (χ0) is 11.3. The summed E-state index contributed by atoms with van der Waals surface area (Å²) >= 11 is 0. The third-order valence-corrected chi connectivity index (χ3v) is 2.54. The fourth-order valence-electron chi connectivity index (χ4n) is 1.80. The molecule has 0 amide bonds. The zero-order valence-corrected chi connectivity index (χ0v) is 9.96. The molecule has 0 N–H and O–H groups in total. The summed E-state index contributed by atoms with van der Waals surface area (Å²) in [5.74, 6) is 0.590. The Morgan fingerprint density at radius 1 is 1.40 bits per heavy atom. The quantitative estimate of drug-likeness (QED) is 0.582. The Morgan fingerprint density at radius 2 is 2.13 bits per heavy atom. The average molecular weight is 200 g/mol. The Balaban J connectivity index is 2.53. The van der Waals surface area contributed by atoms with E-state index in [0.717, 1.165) is 6.42 Å². The Bertz CT molecular complexity index is 348. The van der Waals surface area contributed by atoms with Crippen LogP contribution in [0.3, 0.4) is 0 Å². The molecule has 0 saturated carbocycles. The third-order valence-electron chi connectivity index (χ3n) is 2.54. The molecule has 1 aliphatic carbocycles. The predicted molar refractivity (Wildman–Crippen MR) is 68.7 cm³/mol. The van der Waals surface area contributed by atoms with Gasteiger partial charge in [-0.05, 0) is 31.8 Å². The molecule has 15 heavy (non-hydrogen) atoms. The summed E-state index contributed by atoms with van der Waals surface area (Å²) in [4.78, 5) is 0. The van der Waals surface area contributed by atoms with Crippen LogP contribution in [0.25, 0.3) is 0 Å². The van der Waals surface area contributed by atoms with Crippen LogP contribution in [0.4, 0.5) is 0 Å². The van der Waals surface area contributed by atoms with Gasteiger partial charge in [0.05, 0.1) is 0 Å². The molecule has 1 atom stereocenters. The molecule has 80 valence electrons. The second-order valence-electron chi connectivity index (χ2n) is 4.12. The minimum atomic E-state index is 0.590. The van der Waals surface area contributed by atoms with E-state index in [1.165, 1.54) is 16.7 Å². The van der Waals surface area contributed by atoms with Gasteiger partial charge in [-0.2, -0.15) is 0 Å². The molecular weight excluding hydrogens is 180 g/mol. The SMILES string of the molecule is C=C(/C=C\C=C/C)CC1=CC(C)C=C1C. The van der Waals surface area contributed by atoms with E-state index in [0.29, 0.717) is 5.92 Å². The van der Waals surface area contributed by atoms with Gasteiger partial charge < -0.3 is 0 Å². The molecule has 0 fully saturated rings. The first kappa shape index (κ1) is 11.8. The van der Waals surface area contributed by atoms with Crippen molar-refractivity contribution in [3.05, 3.63) is 59.8 Å². The molecule has 0 aromatic rings. The number of hydrogen-bond donors (Lipinski definition) is 0. The Labute approximate surface area is 93.4 Å². The Kier molecular flexibility index (Phi) is 4.36. The van der Waals surface area contributed by atoms with E-state index in [2.05, 4.69) is 38.7 Å². The van der Waals surface area contributed by atoms with E-state index in [-0.39, 0.29) is 0 Å². The van der Waals surface area contributed by atoms with Crippen LogP contribution in [0.1, 0.15) is 27.2 Å². The summed E-state index contributed by atoms with van der Waals surface area (Å²) in [6.45, 7) is 10.5. The van der Waals surface area contributed by atoms with Crippen LogP contribution in [0.15, 0.2) is 59.8 Å². The lowest BCUT2D eigenvalue weighted by Gasteiger charge is -2.03. The van der Waals surface area contributed by atoms with Crippen molar-refractivity contribution in [3.8, 4) is 0 Å². The van der Waals surface area contributed by atoms with Crippen molar-refractivity contribution < 1.29 is 0 Å². The number of allylic oxidation sites excluding steroid dienone is 9. The topological polar surface area (TPSA) is 0 Å². The molecular formula is C15H20. The number of rotatable bonds is 4. The van der Waals surface area contributed by atoms with Crippen molar-refractivity contribution in [1.82, 2.24) is 0 Å². The molecule has 0 aromatic carbocycles. The highest BCUT2D eigenvalue weighted by molar-refractivity contribution is 5.41. The second kappa shape index (κ2) is 5.55. The second-order valence-corrected chi connectivity index (χ2v) is 4.12. The van der Waals surface area contributed by atoms with E-state index >= 15 is 0 Å². The van der Waals surface area contributed by atoms with Gasteiger partial charge in [0.2, 0.25) is 0 Å². The smallest absolute Gasteiger partial charge is 0.00321 e. The maximum absolute atomic E-state index is 4.06. The average Bonchev–Trinajstić information content (AvgIpc) is 2.45. The van der Waals surface area contributed by atoms with Gasteiger partial charge in [-0.3, -0.25) is 0 Å². The van der Waals surface area contributed by atoms with E-state index in [1.807, 2.05) is 25.2 Å². The van der Waals surface area contributed by atoms with Gasteiger partial charge in [0, 0.05) is 0 Å². The van der Waals surface area contributed by atoms with Crippen molar-refractivity contribution in [2.45, 2.75) is 27.2 Å². The van der Waals surface area contributed by atoms with E-state index in [1.54, 1.807) is 0 Å². The van der Waals surface area contributed by atoms with Crippen molar-refractivity contribution in [1.29, 1.82) is 0 Å². The summed E-state index contributed by atoms with van der Waals surface area (Å²) < 4.78 is 0. The summed E-state index contributed by atoms with van der Waals surface area (Å²) in [6, 6.07) is 0. The van der Waals surface area contributed by atoms with Crippen molar-refractivity contribution in [2.24, 2.45) is 5.92 Å². The van der Waals surface area contributed by atoms with Gasteiger partial charge in [-0.25, -0.2) is 0 Å². The van der Waals surface area contributed by atoms with Gasteiger partial charge >= 0.3 is 0 Å². The summed E-state index contributed by atoms with van der Waals surface area (Å²) in [5, 5.41) is 0. The Morgan fingerprint density at radius 3 is 2.67 bits per heavy atom. The lowest BCUT2D eigenvalue weighted by atomic mass is 10.0. The largest absolute Gasteiger partial charge is 0.0955 e. The fraction of sp³-hybridized carbons (Fsp3) is 0.333. The lowest BCUT2D eigenvalue weighted by Crippen LogP contribution is -1.84. The molecule has 0 nitrogen and oxygen atoms in total. The van der Waals surface area contributed by atoms with Gasteiger partial charge in [0.25, 0.3) is 0 Å². The van der Waals surface area contributed by atoms with E-state index in [9.17, 15) is 0 Å². The maximum atomic E-state index is 4.06. The minimum Gasteiger partial charge on any atom is -0.0955 e. The first-order valence-corrected chi connectivity index (χ1v) is 5.50. The molecule has 1 aliphatic rings. The highest BCUT2D eigenvalue weighted by Gasteiger charge is 2.10. The standard InChI is InChI=1S/C15H20/c1-5-6-7-8-12(2)10-15-11-13(3)9-14(15)4/h5-9,11,13H,2,10H2,1,3-4H3/b6-5-,8-7-. The van der Waals surface area contributed by atoms with Crippen LogP contribution in [0.5, 0.6) is 0 Å². The third kappa shape index (κ3) is 3.75. The van der Waals surface area contributed by atoms with E-state index < -0.39 is 0 Å². The molecule has 0 heterocycles. The Hall–Kier alpha value is -1.30. The lowest BCUT2D eigenvalue weighted by molar-refractivity contribution is 0.950. The van der Waals surface area contributed by atoms with Crippen molar-refractivity contribution >= 4 is 0 Å². The molecule has 1 rings (SSSR count). The van der Waals surface area contributed by atoms with Gasteiger partial charge in [0.1, 0.15) is 0 Å². The summed E-state index contributed by atoms with van der Waals surface area (Å²) in [7, 11) is 0. The highest BCUT2D eigenvalue weighted by Crippen LogP contribution is 2.27. The molecule has 1 unspecified atom stereocenters. The van der Waals surface area contributed by atoms with E-state index in [4.69, 9.17) is 0 Å². The normalized spacial score (nSPS) is 21.1. The first-order chi connectivity index (χ1) is 7.13. The molecule has 0 spiro atoms. The van der Waals surface area contributed by atoms with Gasteiger partial charge in [0.15, 0.2) is 0 Å².